The monoisotopic (exact) mass is 259 g/mol. The summed E-state index contributed by atoms with van der Waals surface area (Å²) in [6.07, 6.45) is 0. The fourth-order valence-electron chi connectivity index (χ4n) is 1.88. The number of oxazole rings is 1. The van der Waals surface area contributed by atoms with Crippen LogP contribution in [-0.4, -0.2) is 17.0 Å². The molecular formula is C13H13N3OS. The summed E-state index contributed by atoms with van der Waals surface area (Å²) in [7, 11) is 1.92. The molecular weight excluding hydrogens is 246 g/mol. The predicted octanol–water partition coefficient (Wildman–Crippen LogP) is 2.98. The third kappa shape index (κ3) is 2.02. The van der Waals surface area contributed by atoms with Crippen LogP contribution in [0.1, 0.15) is 11.6 Å². The van der Waals surface area contributed by atoms with E-state index >= 15 is 0 Å². The highest BCUT2D eigenvalue weighted by molar-refractivity contribution is 7.13. The first kappa shape index (κ1) is 11.4. The number of benzene rings is 1. The second-order valence-corrected chi connectivity index (χ2v) is 4.95. The summed E-state index contributed by atoms with van der Waals surface area (Å²) >= 11 is 1.65. The Kier molecular flexibility index (Phi) is 2.85. The van der Waals surface area contributed by atoms with Crippen molar-refractivity contribution in [1.29, 1.82) is 0 Å². The molecule has 0 atom stereocenters. The molecule has 0 spiro atoms. The maximum absolute atomic E-state index is 5.46. The number of nitrogens with zero attached hydrogens (tertiary/aromatic N) is 2. The second-order valence-electron chi connectivity index (χ2n) is 4.09. The van der Waals surface area contributed by atoms with Crippen LogP contribution in [0.5, 0.6) is 0 Å². The Morgan fingerprint density at radius 2 is 2.22 bits per heavy atom. The highest BCUT2D eigenvalue weighted by Gasteiger charge is 2.08. The molecule has 4 nitrogen and oxygen atoms in total. The molecule has 92 valence electrons. The van der Waals surface area contributed by atoms with Crippen molar-refractivity contribution < 1.29 is 4.42 Å². The minimum Gasteiger partial charge on any atom is -0.441 e. The van der Waals surface area contributed by atoms with E-state index < -0.39 is 0 Å². The normalized spacial score (nSPS) is 11.2. The number of hydrogen-bond donors (Lipinski definition) is 1. The van der Waals surface area contributed by atoms with Crippen LogP contribution in [0.2, 0.25) is 0 Å². The van der Waals surface area contributed by atoms with E-state index in [2.05, 4.69) is 20.7 Å². The molecule has 1 aromatic carbocycles. The second kappa shape index (κ2) is 4.51. The van der Waals surface area contributed by atoms with Crippen molar-refractivity contribution in [3.63, 3.8) is 0 Å². The molecule has 2 aromatic heterocycles. The molecule has 1 N–H and O–H groups in total. The average Bonchev–Trinajstić information content (AvgIpc) is 2.93. The largest absolute Gasteiger partial charge is 0.441 e. The van der Waals surface area contributed by atoms with Gasteiger partial charge in [0.1, 0.15) is 10.5 Å². The van der Waals surface area contributed by atoms with E-state index in [0.717, 1.165) is 33.9 Å². The lowest BCUT2D eigenvalue weighted by molar-refractivity contribution is 0.561. The molecule has 2 heterocycles. The van der Waals surface area contributed by atoms with Gasteiger partial charge in [-0.25, -0.2) is 9.97 Å². The van der Waals surface area contributed by atoms with Gasteiger partial charge in [-0.05, 0) is 25.2 Å². The lowest BCUT2D eigenvalue weighted by atomic mass is 10.2. The topological polar surface area (TPSA) is 51.0 Å². The molecule has 5 heteroatoms. The first-order valence-electron chi connectivity index (χ1n) is 5.73. The number of aryl methyl sites for hydroxylation is 1. The molecule has 0 radical (unpaired) electrons. The molecule has 0 saturated carbocycles. The highest BCUT2D eigenvalue weighted by Crippen LogP contribution is 2.27. The minimum absolute atomic E-state index is 0.692. The Labute approximate surface area is 109 Å². The molecule has 3 rings (SSSR count). The minimum atomic E-state index is 0.692. The first-order valence-corrected chi connectivity index (χ1v) is 6.61. The van der Waals surface area contributed by atoms with Gasteiger partial charge in [-0.15, -0.1) is 11.3 Å². The Hall–Kier alpha value is -1.72. The smallest absolute Gasteiger partial charge is 0.192 e. The summed E-state index contributed by atoms with van der Waals surface area (Å²) in [5.74, 6) is 0.692. The van der Waals surface area contributed by atoms with Crippen LogP contribution in [0.15, 0.2) is 28.0 Å². The van der Waals surface area contributed by atoms with Crippen molar-refractivity contribution in [1.82, 2.24) is 15.3 Å². The van der Waals surface area contributed by atoms with E-state index in [4.69, 9.17) is 4.42 Å². The number of thiazole rings is 1. The molecule has 0 amide bonds. The van der Waals surface area contributed by atoms with Gasteiger partial charge in [-0.3, -0.25) is 0 Å². The van der Waals surface area contributed by atoms with Gasteiger partial charge < -0.3 is 9.73 Å². The molecule has 0 aliphatic carbocycles. The molecule has 0 bridgehead atoms. The fraction of sp³-hybridized carbons (Fsp3) is 0.231. The summed E-state index contributed by atoms with van der Waals surface area (Å²) in [4.78, 5) is 8.92. The number of hydrogen-bond acceptors (Lipinski definition) is 5. The zero-order valence-corrected chi connectivity index (χ0v) is 11.0. The summed E-state index contributed by atoms with van der Waals surface area (Å²) in [5, 5.41) is 6.19. The Morgan fingerprint density at radius 3 is 3.06 bits per heavy atom. The lowest BCUT2D eigenvalue weighted by Crippen LogP contribution is -2.04. The van der Waals surface area contributed by atoms with Crippen LogP contribution >= 0.6 is 11.3 Å². The summed E-state index contributed by atoms with van der Waals surface area (Å²) < 4.78 is 5.46. The Bertz CT molecular complexity index is 686. The summed E-state index contributed by atoms with van der Waals surface area (Å²) in [6, 6.07) is 5.99. The van der Waals surface area contributed by atoms with Crippen molar-refractivity contribution in [3.8, 4) is 10.6 Å². The van der Waals surface area contributed by atoms with Gasteiger partial charge in [-0.2, -0.15) is 0 Å². The molecule has 0 fully saturated rings. The van der Waals surface area contributed by atoms with Gasteiger partial charge in [-0.1, -0.05) is 0 Å². The van der Waals surface area contributed by atoms with Crippen LogP contribution in [0.3, 0.4) is 0 Å². The van der Waals surface area contributed by atoms with Crippen LogP contribution in [0.25, 0.3) is 21.7 Å². The van der Waals surface area contributed by atoms with Crippen molar-refractivity contribution in [2.24, 2.45) is 0 Å². The number of fused-ring (bicyclic) bond motifs is 1. The molecule has 0 saturated heterocycles. The van der Waals surface area contributed by atoms with E-state index in [1.54, 1.807) is 11.3 Å². The number of aromatic nitrogens is 2. The zero-order valence-electron chi connectivity index (χ0n) is 10.2. The molecule has 18 heavy (non-hydrogen) atoms. The standard InChI is InChI=1S/C13H13N3OS/c1-8-15-11-5-9(3-4-12(11)17-8)13-16-10(6-14-2)7-18-13/h3-5,7,14H,6H2,1-2H3. The van der Waals surface area contributed by atoms with Crippen molar-refractivity contribution in [2.45, 2.75) is 13.5 Å². The van der Waals surface area contributed by atoms with Gasteiger partial charge in [0, 0.05) is 24.4 Å². The third-order valence-corrected chi connectivity index (χ3v) is 3.59. The van der Waals surface area contributed by atoms with Crippen molar-refractivity contribution in [2.75, 3.05) is 7.05 Å². The molecule has 0 aliphatic rings. The predicted molar refractivity (Wildman–Crippen MR) is 72.6 cm³/mol. The van der Waals surface area contributed by atoms with E-state index in [1.807, 2.05) is 32.2 Å². The molecule has 3 aromatic rings. The van der Waals surface area contributed by atoms with Gasteiger partial charge in [0.15, 0.2) is 11.5 Å². The maximum atomic E-state index is 5.46. The van der Waals surface area contributed by atoms with E-state index in [0.29, 0.717) is 5.89 Å². The summed E-state index contributed by atoms with van der Waals surface area (Å²) in [6.45, 7) is 2.65. The highest BCUT2D eigenvalue weighted by atomic mass is 32.1. The van der Waals surface area contributed by atoms with Crippen LogP contribution < -0.4 is 5.32 Å². The quantitative estimate of drug-likeness (QED) is 0.785. The van der Waals surface area contributed by atoms with E-state index in [9.17, 15) is 0 Å². The fourth-order valence-corrected chi connectivity index (χ4v) is 2.69. The third-order valence-electron chi connectivity index (χ3n) is 2.65. The number of nitrogens with one attached hydrogen (secondary N) is 1. The Balaban J connectivity index is 2.01. The van der Waals surface area contributed by atoms with Gasteiger partial charge >= 0.3 is 0 Å². The van der Waals surface area contributed by atoms with Crippen LogP contribution in [0.4, 0.5) is 0 Å². The van der Waals surface area contributed by atoms with E-state index in [1.165, 1.54) is 0 Å². The zero-order chi connectivity index (χ0) is 12.5. The van der Waals surface area contributed by atoms with Gasteiger partial charge in [0.2, 0.25) is 0 Å². The first-order chi connectivity index (χ1) is 8.76. The lowest BCUT2D eigenvalue weighted by Gasteiger charge is -1.95. The molecule has 0 unspecified atom stereocenters. The summed E-state index contributed by atoms with van der Waals surface area (Å²) in [5.41, 5.74) is 3.86. The Morgan fingerprint density at radius 1 is 1.33 bits per heavy atom. The average molecular weight is 259 g/mol. The van der Waals surface area contributed by atoms with Gasteiger partial charge in [0.25, 0.3) is 0 Å². The van der Waals surface area contributed by atoms with Crippen molar-refractivity contribution >= 4 is 22.4 Å². The van der Waals surface area contributed by atoms with E-state index in [-0.39, 0.29) is 0 Å². The molecule has 0 aliphatic heterocycles. The van der Waals surface area contributed by atoms with Crippen LogP contribution in [0, 0.1) is 6.92 Å². The SMILES string of the molecule is CNCc1csc(-c2ccc3oc(C)nc3c2)n1. The van der Waals surface area contributed by atoms with Gasteiger partial charge in [0.05, 0.1) is 5.69 Å². The van der Waals surface area contributed by atoms with Crippen molar-refractivity contribution in [3.05, 3.63) is 35.2 Å². The number of rotatable bonds is 3. The maximum Gasteiger partial charge on any atom is 0.192 e. The van der Waals surface area contributed by atoms with Crippen LogP contribution in [-0.2, 0) is 6.54 Å².